The maximum Gasteiger partial charge on any atom is 0.224 e. The van der Waals surface area contributed by atoms with Gasteiger partial charge in [0.05, 0.1) is 18.4 Å². The molecule has 0 radical (unpaired) electrons. The molecule has 1 unspecified atom stereocenters. The molecular formula is C19H24N4O3. The molecule has 2 N–H and O–H groups in total. The van der Waals surface area contributed by atoms with Crippen molar-refractivity contribution in [2.75, 3.05) is 19.7 Å². The van der Waals surface area contributed by atoms with Gasteiger partial charge in [-0.3, -0.25) is 9.69 Å². The van der Waals surface area contributed by atoms with Crippen molar-refractivity contribution in [1.29, 1.82) is 0 Å². The molecule has 0 saturated carbocycles. The van der Waals surface area contributed by atoms with E-state index in [0.717, 1.165) is 24.2 Å². The number of carbonyl (C=O) groups excluding carboxylic acids is 1. The molecule has 4 rings (SSSR count). The number of likely N-dealkylation sites (tertiary alicyclic amines) is 2. The summed E-state index contributed by atoms with van der Waals surface area (Å²) in [5.41, 5.74) is 2.10. The predicted octanol–water partition coefficient (Wildman–Crippen LogP) is 0.401. The van der Waals surface area contributed by atoms with E-state index >= 15 is 0 Å². The third kappa shape index (κ3) is 3.25. The first-order chi connectivity index (χ1) is 12.7. The van der Waals surface area contributed by atoms with Gasteiger partial charge in [0, 0.05) is 50.5 Å². The molecule has 2 aliphatic rings. The third-order valence-electron chi connectivity index (χ3n) is 5.44. The van der Waals surface area contributed by atoms with Gasteiger partial charge in [-0.05, 0) is 30.2 Å². The average Bonchev–Trinajstić information content (AvgIpc) is 3.37. The van der Waals surface area contributed by atoms with Crippen LogP contribution in [0, 0.1) is 0 Å². The summed E-state index contributed by atoms with van der Waals surface area (Å²) >= 11 is 0. The number of β-amino-alcohol motifs (C(OH)–C–C–N with tert-alkyl or cyclic N) is 1. The number of aromatic nitrogens is 2. The molecule has 2 aliphatic heterocycles. The SMILES string of the molecule is O=C1C[C@H]2[C@H](CCN2CC(O)CO)N1Cc1ccc(-n2cccn2)cc1. The van der Waals surface area contributed by atoms with Crippen molar-refractivity contribution in [3.63, 3.8) is 0 Å². The van der Waals surface area contributed by atoms with Crippen molar-refractivity contribution in [2.24, 2.45) is 0 Å². The molecule has 138 valence electrons. The summed E-state index contributed by atoms with van der Waals surface area (Å²) in [7, 11) is 0. The van der Waals surface area contributed by atoms with Crippen LogP contribution in [-0.2, 0) is 11.3 Å². The summed E-state index contributed by atoms with van der Waals surface area (Å²) in [4.78, 5) is 16.6. The van der Waals surface area contributed by atoms with Gasteiger partial charge < -0.3 is 15.1 Å². The highest BCUT2D eigenvalue weighted by Gasteiger charge is 2.46. The zero-order valence-corrected chi connectivity index (χ0v) is 14.6. The lowest BCUT2D eigenvalue weighted by atomic mass is 10.1. The van der Waals surface area contributed by atoms with Crippen molar-refractivity contribution in [2.45, 2.75) is 37.6 Å². The molecule has 1 aromatic heterocycles. The van der Waals surface area contributed by atoms with Crippen LogP contribution < -0.4 is 0 Å². The van der Waals surface area contributed by atoms with Gasteiger partial charge >= 0.3 is 0 Å². The van der Waals surface area contributed by atoms with Crippen LogP contribution in [0.3, 0.4) is 0 Å². The number of fused-ring (bicyclic) bond motifs is 1. The first-order valence-corrected chi connectivity index (χ1v) is 9.07. The second kappa shape index (κ2) is 7.19. The lowest BCUT2D eigenvalue weighted by molar-refractivity contribution is -0.129. The maximum atomic E-state index is 12.5. The van der Waals surface area contributed by atoms with Gasteiger partial charge in [-0.1, -0.05) is 12.1 Å². The minimum atomic E-state index is -0.743. The summed E-state index contributed by atoms with van der Waals surface area (Å²) in [6.07, 6.45) is 4.31. The molecule has 0 aliphatic carbocycles. The number of hydrogen-bond donors (Lipinski definition) is 2. The number of benzene rings is 1. The Balaban J connectivity index is 1.43. The topological polar surface area (TPSA) is 81.8 Å². The first-order valence-electron chi connectivity index (χ1n) is 9.07. The van der Waals surface area contributed by atoms with E-state index < -0.39 is 6.10 Å². The number of amides is 1. The Morgan fingerprint density at radius 3 is 2.73 bits per heavy atom. The molecule has 1 aromatic carbocycles. The van der Waals surface area contributed by atoms with E-state index in [1.807, 2.05) is 46.1 Å². The number of hydrogen-bond acceptors (Lipinski definition) is 5. The zero-order chi connectivity index (χ0) is 18.1. The number of aliphatic hydroxyl groups is 2. The first kappa shape index (κ1) is 17.2. The monoisotopic (exact) mass is 356 g/mol. The van der Waals surface area contributed by atoms with Crippen molar-refractivity contribution in [3.8, 4) is 5.69 Å². The average molecular weight is 356 g/mol. The van der Waals surface area contributed by atoms with Crippen molar-refractivity contribution >= 4 is 5.91 Å². The van der Waals surface area contributed by atoms with E-state index in [2.05, 4.69) is 10.00 Å². The van der Waals surface area contributed by atoms with E-state index in [-0.39, 0.29) is 24.6 Å². The van der Waals surface area contributed by atoms with Crippen molar-refractivity contribution in [1.82, 2.24) is 19.6 Å². The van der Waals surface area contributed by atoms with Crippen LogP contribution in [0.4, 0.5) is 0 Å². The second-order valence-electron chi connectivity index (χ2n) is 7.10. The fourth-order valence-corrected chi connectivity index (χ4v) is 4.14. The smallest absolute Gasteiger partial charge is 0.224 e. The molecule has 0 spiro atoms. The van der Waals surface area contributed by atoms with Gasteiger partial charge in [-0.25, -0.2) is 4.68 Å². The molecule has 7 nitrogen and oxygen atoms in total. The van der Waals surface area contributed by atoms with Crippen LogP contribution in [0.1, 0.15) is 18.4 Å². The fraction of sp³-hybridized carbons (Fsp3) is 0.474. The Morgan fingerprint density at radius 1 is 1.23 bits per heavy atom. The Labute approximate surface area is 152 Å². The van der Waals surface area contributed by atoms with Crippen LogP contribution in [0.5, 0.6) is 0 Å². The van der Waals surface area contributed by atoms with Gasteiger partial charge in [0.2, 0.25) is 5.91 Å². The molecule has 1 amide bonds. The summed E-state index contributed by atoms with van der Waals surface area (Å²) in [6, 6.07) is 10.3. The Morgan fingerprint density at radius 2 is 2.04 bits per heavy atom. The molecule has 0 bridgehead atoms. The standard InChI is InChI=1S/C19H24N4O3/c24-13-16(25)12-21-9-6-17-18(21)10-19(26)22(17)11-14-2-4-15(5-3-14)23-8-1-7-20-23/h1-5,7-8,16-18,24-25H,6,9-13H2/t16?,17-,18-/m0/s1. The maximum absolute atomic E-state index is 12.5. The van der Waals surface area contributed by atoms with E-state index in [1.54, 1.807) is 6.20 Å². The number of rotatable bonds is 6. The highest BCUT2D eigenvalue weighted by Crippen LogP contribution is 2.33. The van der Waals surface area contributed by atoms with Crippen LogP contribution >= 0.6 is 0 Å². The molecular weight excluding hydrogens is 332 g/mol. The van der Waals surface area contributed by atoms with Gasteiger partial charge in [0.25, 0.3) is 0 Å². The Hall–Kier alpha value is -2.22. The molecule has 2 fully saturated rings. The van der Waals surface area contributed by atoms with Crippen LogP contribution in [0.2, 0.25) is 0 Å². The van der Waals surface area contributed by atoms with E-state index in [0.29, 0.717) is 19.5 Å². The third-order valence-corrected chi connectivity index (χ3v) is 5.44. The zero-order valence-electron chi connectivity index (χ0n) is 14.6. The van der Waals surface area contributed by atoms with Crippen molar-refractivity contribution in [3.05, 3.63) is 48.3 Å². The minimum Gasteiger partial charge on any atom is -0.394 e. The summed E-state index contributed by atoms with van der Waals surface area (Å²) in [5, 5.41) is 23.0. The molecule has 26 heavy (non-hydrogen) atoms. The van der Waals surface area contributed by atoms with Crippen LogP contribution in [0.25, 0.3) is 5.69 Å². The fourth-order valence-electron chi connectivity index (χ4n) is 4.14. The highest BCUT2D eigenvalue weighted by atomic mass is 16.3. The molecule has 7 heteroatoms. The number of aliphatic hydroxyl groups excluding tert-OH is 2. The summed E-state index contributed by atoms with van der Waals surface area (Å²) in [6.45, 7) is 1.65. The van der Waals surface area contributed by atoms with Gasteiger partial charge in [0.1, 0.15) is 0 Å². The van der Waals surface area contributed by atoms with Gasteiger partial charge in [0.15, 0.2) is 0 Å². The van der Waals surface area contributed by atoms with E-state index in [4.69, 9.17) is 5.11 Å². The lowest BCUT2D eigenvalue weighted by Gasteiger charge is -2.26. The Bertz CT molecular complexity index is 747. The van der Waals surface area contributed by atoms with Gasteiger partial charge in [-0.2, -0.15) is 5.10 Å². The largest absolute Gasteiger partial charge is 0.394 e. The van der Waals surface area contributed by atoms with E-state index in [1.165, 1.54) is 0 Å². The summed E-state index contributed by atoms with van der Waals surface area (Å²) in [5.74, 6) is 0.166. The van der Waals surface area contributed by atoms with E-state index in [9.17, 15) is 9.90 Å². The minimum absolute atomic E-state index is 0.145. The molecule has 2 aromatic rings. The molecule has 3 atom stereocenters. The van der Waals surface area contributed by atoms with Gasteiger partial charge in [-0.15, -0.1) is 0 Å². The molecule has 3 heterocycles. The number of carbonyl (C=O) groups is 1. The van der Waals surface area contributed by atoms with Crippen molar-refractivity contribution < 1.29 is 15.0 Å². The highest BCUT2D eigenvalue weighted by molar-refractivity contribution is 5.80. The lowest BCUT2D eigenvalue weighted by Crippen LogP contribution is -2.40. The normalized spacial score (nSPS) is 24.2. The quantitative estimate of drug-likeness (QED) is 0.783. The summed E-state index contributed by atoms with van der Waals surface area (Å²) < 4.78 is 1.81. The second-order valence-corrected chi connectivity index (χ2v) is 7.10. The molecule has 2 saturated heterocycles. The Kier molecular flexibility index (Phi) is 4.76. The van der Waals surface area contributed by atoms with Crippen LogP contribution in [-0.4, -0.2) is 73.6 Å². The predicted molar refractivity (Wildman–Crippen MR) is 95.6 cm³/mol. The number of nitrogens with zero attached hydrogens (tertiary/aromatic N) is 4. The van der Waals surface area contributed by atoms with Crippen LogP contribution in [0.15, 0.2) is 42.7 Å².